The van der Waals surface area contributed by atoms with Crippen molar-refractivity contribution in [1.29, 1.82) is 5.26 Å². The first-order valence-electron chi connectivity index (χ1n) is 11.2. The summed E-state index contributed by atoms with van der Waals surface area (Å²) < 4.78 is 5.48. The van der Waals surface area contributed by atoms with Crippen molar-refractivity contribution in [2.75, 3.05) is 44.3 Å². The van der Waals surface area contributed by atoms with Gasteiger partial charge in [-0.2, -0.15) is 5.26 Å². The van der Waals surface area contributed by atoms with Crippen LogP contribution in [0.3, 0.4) is 0 Å². The Morgan fingerprint density at radius 3 is 2.68 bits per heavy atom. The van der Waals surface area contributed by atoms with Gasteiger partial charge in [-0.05, 0) is 69.7 Å². The maximum absolute atomic E-state index is 13.7. The Kier molecular flexibility index (Phi) is 6.52. The third-order valence-electron chi connectivity index (χ3n) is 6.95. The molecule has 0 aliphatic carbocycles. The zero-order valence-corrected chi connectivity index (χ0v) is 18.7. The third-order valence-corrected chi connectivity index (χ3v) is 7.26. The number of carbonyl (C=O) groups excluding carboxylic acids is 2. The maximum atomic E-state index is 13.7. The van der Waals surface area contributed by atoms with E-state index >= 15 is 0 Å². The fourth-order valence-corrected chi connectivity index (χ4v) is 5.47. The normalized spacial score (nSPS) is 25.8. The van der Waals surface area contributed by atoms with E-state index in [2.05, 4.69) is 4.90 Å². The van der Waals surface area contributed by atoms with Crippen molar-refractivity contribution in [3.8, 4) is 6.07 Å². The summed E-state index contributed by atoms with van der Waals surface area (Å²) in [5, 5.41) is 9.37. The largest absolute Gasteiger partial charge is 0.381 e. The van der Waals surface area contributed by atoms with Crippen LogP contribution in [0.15, 0.2) is 18.2 Å². The van der Waals surface area contributed by atoms with Crippen LogP contribution in [0.5, 0.6) is 0 Å². The second kappa shape index (κ2) is 9.15. The molecule has 1 aromatic rings. The Labute approximate surface area is 188 Å². The second-order valence-electron chi connectivity index (χ2n) is 8.68. The molecule has 0 bridgehead atoms. The predicted molar refractivity (Wildman–Crippen MR) is 118 cm³/mol. The van der Waals surface area contributed by atoms with E-state index in [1.807, 2.05) is 13.0 Å². The topological polar surface area (TPSA) is 76.9 Å². The summed E-state index contributed by atoms with van der Waals surface area (Å²) in [5.74, 6) is 0.469. The van der Waals surface area contributed by atoms with Crippen molar-refractivity contribution < 1.29 is 14.3 Å². The third kappa shape index (κ3) is 4.05. The van der Waals surface area contributed by atoms with Gasteiger partial charge in [0, 0.05) is 32.8 Å². The molecule has 31 heavy (non-hydrogen) atoms. The van der Waals surface area contributed by atoms with Crippen LogP contribution in [0.4, 0.5) is 10.5 Å². The van der Waals surface area contributed by atoms with Gasteiger partial charge in [-0.3, -0.25) is 4.79 Å². The van der Waals surface area contributed by atoms with Crippen LogP contribution in [0.2, 0.25) is 5.02 Å². The first kappa shape index (κ1) is 22.1. The summed E-state index contributed by atoms with van der Waals surface area (Å²) in [5.41, 5.74) is -0.0566. The summed E-state index contributed by atoms with van der Waals surface area (Å²) in [6.45, 7) is 6.85. The lowest BCUT2D eigenvalue weighted by Crippen LogP contribution is -2.50. The highest BCUT2D eigenvalue weighted by atomic mass is 35.5. The van der Waals surface area contributed by atoms with Gasteiger partial charge in [-0.1, -0.05) is 11.6 Å². The number of halogens is 1. The molecule has 3 aliphatic heterocycles. The lowest BCUT2D eigenvalue weighted by Gasteiger charge is -2.34. The van der Waals surface area contributed by atoms with Crippen LogP contribution in [0, 0.1) is 17.2 Å². The molecule has 3 saturated heterocycles. The number of urea groups is 1. The van der Waals surface area contributed by atoms with E-state index in [1.165, 1.54) is 11.0 Å². The van der Waals surface area contributed by atoms with Crippen LogP contribution in [0.1, 0.15) is 44.6 Å². The number of hydrogen-bond donors (Lipinski definition) is 0. The Balaban J connectivity index is 1.55. The molecule has 166 valence electrons. The number of likely N-dealkylation sites (tertiary alicyclic amines) is 1. The Morgan fingerprint density at radius 1 is 1.23 bits per heavy atom. The van der Waals surface area contributed by atoms with Crippen LogP contribution in [0.25, 0.3) is 0 Å². The molecule has 7 nitrogen and oxygen atoms in total. The molecule has 3 aliphatic rings. The number of amides is 3. The number of imide groups is 1. The van der Waals surface area contributed by atoms with Gasteiger partial charge in [0.05, 0.1) is 16.3 Å². The van der Waals surface area contributed by atoms with E-state index in [0.717, 1.165) is 52.1 Å². The summed E-state index contributed by atoms with van der Waals surface area (Å²) >= 11 is 6.19. The molecule has 0 unspecified atom stereocenters. The number of anilines is 1. The number of nitrogens with zero attached hydrogens (tertiary/aromatic N) is 4. The molecule has 1 atom stereocenters. The second-order valence-corrected chi connectivity index (χ2v) is 9.09. The molecule has 1 aromatic carbocycles. The predicted octanol–water partition coefficient (Wildman–Crippen LogP) is 3.65. The first-order chi connectivity index (χ1) is 15.0. The number of ether oxygens (including phenoxy) is 1. The van der Waals surface area contributed by atoms with Crippen LogP contribution < -0.4 is 4.90 Å². The van der Waals surface area contributed by atoms with E-state index in [9.17, 15) is 9.59 Å². The Hall–Kier alpha value is -2.14. The van der Waals surface area contributed by atoms with Gasteiger partial charge in [0.15, 0.2) is 0 Å². The summed E-state index contributed by atoms with van der Waals surface area (Å²) in [6, 6.07) is 6.44. The van der Waals surface area contributed by atoms with Crippen molar-refractivity contribution in [1.82, 2.24) is 9.80 Å². The minimum atomic E-state index is -0.809. The molecule has 0 N–H and O–H groups in total. The van der Waals surface area contributed by atoms with Crippen molar-refractivity contribution in [2.45, 2.75) is 44.6 Å². The number of benzene rings is 1. The standard InChI is InChI=1S/C23H29ClN4O3/c1-2-27-22(30)28(19-5-4-18(15-25)20(24)14-19)21(29)23(27)8-3-10-26(11-9-23)16-17-6-12-31-13-7-17/h4-5,14,17H,2-3,6-13,16H2,1H3/t23-/m0/s1. The molecular weight excluding hydrogens is 416 g/mol. The van der Waals surface area contributed by atoms with Gasteiger partial charge < -0.3 is 14.5 Å². The highest BCUT2D eigenvalue weighted by Gasteiger charge is 2.57. The molecule has 4 rings (SSSR count). The van der Waals surface area contributed by atoms with E-state index in [1.54, 1.807) is 17.0 Å². The summed E-state index contributed by atoms with van der Waals surface area (Å²) in [6.07, 6.45) is 4.35. The molecular formula is C23H29ClN4O3. The van der Waals surface area contributed by atoms with Gasteiger partial charge in [0.1, 0.15) is 11.6 Å². The molecule has 3 amide bonds. The van der Waals surface area contributed by atoms with E-state index in [0.29, 0.717) is 36.6 Å². The zero-order valence-electron chi connectivity index (χ0n) is 18.0. The van der Waals surface area contributed by atoms with Crippen molar-refractivity contribution in [3.63, 3.8) is 0 Å². The molecule has 3 heterocycles. The van der Waals surface area contributed by atoms with Crippen LogP contribution in [-0.2, 0) is 9.53 Å². The van der Waals surface area contributed by atoms with Gasteiger partial charge in [-0.15, -0.1) is 0 Å². The van der Waals surface area contributed by atoms with Gasteiger partial charge in [-0.25, -0.2) is 9.69 Å². The minimum Gasteiger partial charge on any atom is -0.381 e. The number of likely N-dealkylation sites (N-methyl/N-ethyl adjacent to an activating group) is 1. The summed E-state index contributed by atoms with van der Waals surface area (Å²) in [7, 11) is 0. The molecule has 0 radical (unpaired) electrons. The number of hydrogen-bond acceptors (Lipinski definition) is 5. The molecule has 0 saturated carbocycles. The highest BCUT2D eigenvalue weighted by Crippen LogP contribution is 2.40. The molecule has 0 aromatic heterocycles. The minimum absolute atomic E-state index is 0.173. The van der Waals surface area contributed by atoms with Crippen LogP contribution >= 0.6 is 11.6 Å². The average molecular weight is 445 g/mol. The van der Waals surface area contributed by atoms with Crippen molar-refractivity contribution in [3.05, 3.63) is 28.8 Å². The number of carbonyl (C=O) groups is 2. The van der Waals surface area contributed by atoms with E-state index < -0.39 is 5.54 Å². The van der Waals surface area contributed by atoms with Gasteiger partial charge >= 0.3 is 6.03 Å². The zero-order chi connectivity index (χ0) is 22.0. The quantitative estimate of drug-likeness (QED) is 0.662. The monoisotopic (exact) mass is 444 g/mol. The van der Waals surface area contributed by atoms with E-state index in [4.69, 9.17) is 21.6 Å². The molecule has 8 heteroatoms. The lowest BCUT2D eigenvalue weighted by molar-refractivity contribution is -0.125. The molecule has 1 spiro atoms. The Morgan fingerprint density at radius 2 is 2.00 bits per heavy atom. The highest BCUT2D eigenvalue weighted by molar-refractivity contribution is 6.32. The lowest BCUT2D eigenvalue weighted by atomic mass is 9.88. The van der Waals surface area contributed by atoms with Gasteiger partial charge in [0.25, 0.3) is 5.91 Å². The fraction of sp³-hybridized carbons (Fsp3) is 0.609. The first-order valence-corrected chi connectivity index (χ1v) is 11.5. The SMILES string of the molecule is CCN1C(=O)N(c2ccc(C#N)c(Cl)c2)C(=O)[C@@]12CCCN(CC1CCOCC1)CC2. The van der Waals surface area contributed by atoms with Crippen molar-refractivity contribution in [2.24, 2.45) is 5.92 Å². The number of rotatable bonds is 4. The number of nitriles is 1. The van der Waals surface area contributed by atoms with E-state index in [-0.39, 0.29) is 17.0 Å². The maximum Gasteiger partial charge on any atom is 0.332 e. The fourth-order valence-electron chi connectivity index (χ4n) is 5.25. The smallest absolute Gasteiger partial charge is 0.332 e. The summed E-state index contributed by atoms with van der Waals surface area (Å²) in [4.78, 5) is 32.4. The Bertz CT molecular complexity index is 895. The molecule has 3 fully saturated rings. The van der Waals surface area contributed by atoms with Crippen LogP contribution in [-0.4, -0.2) is 66.7 Å². The van der Waals surface area contributed by atoms with Gasteiger partial charge in [0.2, 0.25) is 0 Å². The van der Waals surface area contributed by atoms with Crippen molar-refractivity contribution >= 4 is 29.2 Å². The average Bonchev–Trinajstić information content (AvgIpc) is 2.89.